The molecule has 2 N–H and O–H groups in total. The number of aryl methyl sites for hydroxylation is 1. The van der Waals surface area contributed by atoms with Crippen molar-refractivity contribution in [3.63, 3.8) is 0 Å². The van der Waals surface area contributed by atoms with Crippen molar-refractivity contribution < 1.29 is 9.90 Å². The van der Waals surface area contributed by atoms with Gasteiger partial charge in [-0.25, -0.2) is 0 Å². The van der Waals surface area contributed by atoms with Crippen LogP contribution in [0.15, 0.2) is 83.8 Å². The zero-order valence-corrected chi connectivity index (χ0v) is 22.4. The first-order valence-corrected chi connectivity index (χ1v) is 12.8. The minimum Gasteiger partial charge on any atom is -0.507 e. The molecule has 1 aromatic heterocycles. The number of aliphatic hydroxyl groups excluding tert-OH is 1. The third-order valence-corrected chi connectivity index (χ3v) is 7.36. The van der Waals surface area contributed by atoms with Crippen LogP contribution in [0.1, 0.15) is 49.3 Å². The Bertz CT molecular complexity index is 1450. The molecule has 188 valence electrons. The molecule has 2 aromatic carbocycles. The fraction of sp³-hybridized carbons (Fsp3) is 0.233. The van der Waals surface area contributed by atoms with Gasteiger partial charge in [0.2, 0.25) is 0 Å². The van der Waals surface area contributed by atoms with Crippen molar-refractivity contribution in [1.29, 1.82) is 5.41 Å². The number of hydrogen-bond donors (Lipinski definition) is 2. The Labute approximate surface area is 226 Å². The third-order valence-electron chi connectivity index (χ3n) is 6.93. The zero-order valence-electron chi connectivity index (χ0n) is 20.8. The lowest BCUT2D eigenvalue weighted by Crippen LogP contribution is -2.45. The lowest BCUT2D eigenvalue weighted by Gasteiger charge is -2.45. The highest BCUT2D eigenvalue weighted by Gasteiger charge is 2.47. The predicted molar refractivity (Wildman–Crippen MR) is 149 cm³/mol. The van der Waals surface area contributed by atoms with Crippen LogP contribution >= 0.6 is 23.2 Å². The van der Waals surface area contributed by atoms with E-state index >= 15 is 0 Å². The van der Waals surface area contributed by atoms with E-state index in [1.54, 1.807) is 41.6 Å². The maximum Gasteiger partial charge on any atom is 0.162 e. The molecule has 0 fully saturated rings. The van der Waals surface area contributed by atoms with Gasteiger partial charge in [-0.3, -0.25) is 20.1 Å². The fourth-order valence-electron chi connectivity index (χ4n) is 5.31. The maximum absolute atomic E-state index is 13.9. The van der Waals surface area contributed by atoms with Crippen molar-refractivity contribution in [2.45, 2.75) is 39.5 Å². The summed E-state index contributed by atoms with van der Waals surface area (Å²) in [7, 11) is 0. The first-order valence-electron chi connectivity index (χ1n) is 12.1. The topological polar surface area (TPSA) is 77.3 Å². The molecule has 37 heavy (non-hydrogen) atoms. The number of carbonyl (C=O) groups excluding carboxylic acids is 1. The van der Waals surface area contributed by atoms with Gasteiger partial charge in [0.1, 0.15) is 11.6 Å². The van der Waals surface area contributed by atoms with Gasteiger partial charge in [0.05, 0.1) is 5.69 Å². The minimum atomic E-state index is -0.646. The van der Waals surface area contributed by atoms with Crippen molar-refractivity contribution in [2.75, 3.05) is 4.90 Å². The van der Waals surface area contributed by atoms with Crippen molar-refractivity contribution >= 4 is 46.3 Å². The smallest absolute Gasteiger partial charge is 0.162 e. The van der Waals surface area contributed by atoms with Crippen molar-refractivity contribution in [1.82, 2.24) is 4.98 Å². The highest BCUT2D eigenvalue weighted by Crippen LogP contribution is 2.51. The molecule has 5 nitrogen and oxygen atoms in total. The Hall–Kier alpha value is -3.41. The van der Waals surface area contributed by atoms with Gasteiger partial charge >= 0.3 is 0 Å². The number of Topliss-reactive ketones (excluding diaryl/α,β-unsaturated/α-hetero) is 1. The number of carbonyl (C=O) groups is 1. The lowest BCUT2D eigenvalue weighted by atomic mass is 9.67. The summed E-state index contributed by atoms with van der Waals surface area (Å²) in [6.45, 7) is 6.07. The number of ketones is 1. The monoisotopic (exact) mass is 531 g/mol. The number of hydrogen-bond acceptors (Lipinski definition) is 4. The van der Waals surface area contributed by atoms with Crippen LogP contribution in [0.2, 0.25) is 10.0 Å². The van der Waals surface area contributed by atoms with Crippen LogP contribution in [0.5, 0.6) is 0 Å². The molecular weight excluding hydrogens is 505 g/mol. The van der Waals surface area contributed by atoms with Gasteiger partial charge in [-0.1, -0.05) is 72.9 Å². The Balaban J connectivity index is 1.86. The van der Waals surface area contributed by atoms with Crippen LogP contribution in [-0.4, -0.2) is 21.7 Å². The molecule has 0 saturated carbocycles. The predicted octanol–water partition coefficient (Wildman–Crippen LogP) is 7.89. The molecule has 1 aliphatic heterocycles. The first-order chi connectivity index (χ1) is 17.6. The van der Waals surface area contributed by atoms with Gasteiger partial charge in [0.15, 0.2) is 5.78 Å². The molecule has 3 aromatic rings. The summed E-state index contributed by atoms with van der Waals surface area (Å²) in [5, 5.41) is 22.0. The van der Waals surface area contributed by atoms with Crippen LogP contribution in [0.4, 0.5) is 5.69 Å². The second kappa shape index (κ2) is 9.47. The van der Waals surface area contributed by atoms with Gasteiger partial charge in [0, 0.05) is 57.2 Å². The Kier molecular flexibility index (Phi) is 6.47. The number of benzene rings is 2. The molecule has 0 amide bonds. The Morgan fingerprint density at radius 3 is 2.38 bits per heavy atom. The largest absolute Gasteiger partial charge is 0.507 e. The van der Waals surface area contributed by atoms with E-state index in [2.05, 4.69) is 18.8 Å². The van der Waals surface area contributed by atoms with Crippen LogP contribution in [-0.2, 0) is 4.79 Å². The summed E-state index contributed by atoms with van der Waals surface area (Å²) in [5.41, 5.74) is 4.23. The second-order valence-electron chi connectivity index (χ2n) is 10.5. The minimum absolute atomic E-state index is 0.0139. The van der Waals surface area contributed by atoms with Gasteiger partial charge < -0.3 is 5.11 Å². The summed E-state index contributed by atoms with van der Waals surface area (Å²) < 4.78 is 0. The molecule has 7 heteroatoms. The Morgan fingerprint density at radius 1 is 1.08 bits per heavy atom. The van der Waals surface area contributed by atoms with E-state index in [1.165, 1.54) is 0 Å². The van der Waals surface area contributed by atoms with Crippen molar-refractivity contribution in [3.05, 3.63) is 111 Å². The standard InChI is InChI=1S/C30H27Cl2N3O2/c1-17-6-8-18(9-7-17)28(37)27-25(19-5-4-10-34-16-19)26-23(14-30(2,3)15-24(26)36)35(29(27)33)22-12-20(31)11-21(32)13-22/h4-13,16,25,33,37H,14-15H2,1-3H3/b28-27+,33-29?. The lowest BCUT2D eigenvalue weighted by molar-refractivity contribution is -0.118. The molecule has 1 unspecified atom stereocenters. The number of nitrogens with zero attached hydrogens (tertiary/aromatic N) is 2. The van der Waals surface area contributed by atoms with Crippen LogP contribution in [0, 0.1) is 17.7 Å². The fourth-order valence-corrected chi connectivity index (χ4v) is 5.83. The molecule has 1 aliphatic carbocycles. The van der Waals surface area contributed by atoms with E-state index < -0.39 is 5.92 Å². The maximum atomic E-state index is 13.9. The Morgan fingerprint density at radius 2 is 1.76 bits per heavy atom. The normalized spacial score (nSPS) is 20.7. The zero-order chi connectivity index (χ0) is 26.5. The molecule has 0 saturated heterocycles. The number of aromatic nitrogens is 1. The van der Waals surface area contributed by atoms with Crippen LogP contribution < -0.4 is 4.90 Å². The van der Waals surface area contributed by atoms with E-state index in [0.717, 1.165) is 16.8 Å². The number of rotatable bonds is 3. The third kappa shape index (κ3) is 4.70. The highest BCUT2D eigenvalue weighted by atomic mass is 35.5. The van der Waals surface area contributed by atoms with Gasteiger partial charge in [0.25, 0.3) is 0 Å². The van der Waals surface area contributed by atoms with E-state index in [1.807, 2.05) is 37.3 Å². The summed E-state index contributed by atoms with van der Waals surface area (Å²) in [5.74, 6) is -0.650. The summed E-state index contributed by atoms with van der Waals surface area (Å²) in [6.07, 6.45) is 4.29. The van der Waals surface area contributed by atoms with Crippen LogP contribution in [0.3, 0.4) is 0 Å². The van der Waals surface area contributed by atoms with Gasteiger partial charge in [-0.2, -0.15) is 0 Å². The molecule has 0 bridgehead atoms. The number of aliphatic hydroxyl groups is 1. The average molecular weight is 532 g/mol. The number of nitrogens with one attached hydrogen (secondary N) is 1. The molecule has 5 rings (SSSR count). The molecule has 2 aliphatic rings. The second-order valence-corrected chi connectivity index (χ2v) is 11.3. The number of amidine groups is 1. The molecule has 1 atom stereocenters. The molecule has 0 radical (unpaired) electrons. The van der Waals surface area contributed by atoms with Crippen molar-refractivity contribution in [3.8, 4) is 0 Å². The number of halogens is 2. The highest BCUT2D eigenvalue weighted by molar-refractivity contribution is 6.35. The summed E-state index contributed by atoms with van der Waals surface area (Å²) >= 11 is 12.8. The van der Waals surface area contributed by atoms with Gasteiger partial charge in [-0.05, 0) is 48.6 Å². The summed E-state index contributed by atoms with van der Waals surface area (Å²) in [6, 6.07) is 16.2. The molecular formula is C30H27Cl2N3O2. The molecule has 2 heterocycles. The number of anilines is 1. The van der Waals surface area contributed by atoms with E-state index in [9.17, 15) is 15.3 Å². The van der Waals surface area contributed by atoms with E-state index in [-0.39, 0.29) is 22.8 Å². The molecule has 0 spiro atoms. The van der Waals surface area contributed by atoms with Crippen molar-refractivity contribution in [2.24, 2.45) is 5.41 Å². The van der Waals surface area contributed by atoms with E-state index in [0.29, 0.717) is 45.3 Å². The number of allylic oxidation sites excluding steroid dienone is 2. The van der Waals surface area contributed by atoms with Gasteiger partial charge in [-0.15, -0.1) is 0 Å². The first kappa shape index (κ1) is 25.2. The quantitative estimate of drug-likeness (QED) is 0.336. The summed E-state index contributed by atoms with van der Waals surface area (Å²) in [4.78, 5) is 19.9. The van der Waals surface area contributed by atoms with Crippen LogP contribution in [0.25, 0.3) is 5.76 Å². The number of pyridine rings is 1. The van der Waals surface area contributed by atoms with E-state index in [4.69, 9.17) is 23.2 Å². The SMILES string of the molecule is Cc1ccc(/C(O)=C2\C(=N)N(c3cc(Cl)cc(Cl)c3)C3=C(C(=O)CC(C)(C)C3)C2c2cccnc2)cc1. The average Bonchev–Trinajstić information content (AvgIpc) is 2.82.